The number of aliphatic carboxylic acids is 1. The molecule has 0 radical (unpaired) electrons. The summed E-state index contributed by atoms with van der Waals surface area (Å²) >= 11 is 0. The Balaban J connectivity index is 2.79. The Kier molecular flexibility index (Phi) is 6.19. The normalized spacial score (nSPS) is 11.4. The minimum Gasteiger partial charge on any atom is -0.480 e. The van der Waals surface area contributed by atoms with Crippen LogP contribution in [0.4, 0.5) is 5.69 Å². The molecule has 0 aliphatic carbocycles. The van der Waals surface area contributed by atoms with Gasteiger partial charge in [0.1, 0.15) is 12.6 Å². The fraction of sp³-hybridized carbons (Fsp3) is 0.357. The first-order valence-electron chi connectivity index (χ1n) is 6.82. The van der Waals surface area contributed by atoms with Gasteiger partial charge in [0.15, 0.2) is 0 Å². The molecule has 1 aromatic rings. The Morgan fingerprint density at radius 2 is 2.04 bits per heavy atom. The maximum atomic E-state index is 12.1. The lowest BCUT2D eigenvalue weighted by atomic mass is 10.1. The number of carboxylic acid groups (broad SMARTS) is 1. The van der Waals surface area contributed by atoms with E-state index in [1.807, 2.05) is 0 Å². The summed E-state index contributed by atoms with van der Waals surface area (Å²) in [5.74, 6) is -2.35. The van der Waals surface area contributed by atoms with Gasteiger partial charge in [0.2, 0.25) is 5.91 Å². The minimum absolute atomic E-state index is 0.0418. The minimum atomic E-state index is -1.16. The number of amides is 2. The van der Waals surface area contributed by atoms with Crippen LogP contribution in [-0.4, -0.2) is 51.8 Å². The van der Waals surface area contributed by atoms with Gasteiger partial charge in [-0.25, -0.2) is 0 Å². The van der Waals surface area contributed by atoms with E-state index in [4.69, 9.17) is 5.11 Å². The van der Waals surface area contributed by atoms with Gasteiger partial charge in [0.25, 0.3) is 11.6 Å². The van der Waals surface area contributed by atoms with Crippen LogP contribution in [0.1, 0.15) is 24.2 Å². The first-order valence-corrected chi connectivity index (χ1v) is 6.82. The number of benzene rings is 1. The van der Waals surface area contributed by atoms with Crippen LogP contribution in [0.2, 0.25) is 0 Å². The Morgan fingerprint density at radius 3 is 2.57 bits per heavy atom. The second-order valence-corrected chi connectivity index (χ2v) is 4.75. The molecule has 0 aliphatic heterocycles. The lowest BCUT2D eigenvalue weighted by Crippen LogP contribution is -2.48. The SMILES string of the molecule is CCN(CC(=O)O)C(=O)C(C)NC(=O)c1cccc([N+](=O)[O-])c1. The average Bonchev–Trinajstić information content (AvgIpc) is 2.51. The molecule has 0 saturated carbocycles. The molecule has 9 heteroatoms. The predicted octanol–water partition coefficient (Wildman–Crippen LogP) is 0.646. The third-order valence-electron chi connectivity index (χ3n) is 3.06. The monoisotopic (exact) mass is 323 g/mol. The van der Waals surface area contributed by atoms with E-state index in [-0.39, 0.29) is 17.8 Å². The average molecular weight is 323 g/mol. The third kappa shape index (κ3) is 5.06. The Bertz CT molecular complexity index is 631. The quantitative estimate of drug-likeness (QED) is 0.559. The van der Waals surface area contributed by atoms with Crippen LogP contribution in [0, 0.1) is 10.1 Å². The number of nitrogens with one attached hydrogen (secondary N) is 1. The summed E-state index contributed by atoms with van der Waals surface area (Å²) in [6.07, 6.45) is 0. The molecule has 0 aromatic heterocycles. The van der Waals surface area contributed by atoms with Crippen LogP contribution in [-0.2, 0) is 9.59 Å². The molecule has 1 unspecified atom stereocenters. The fourth-order valence-corrected chi connectivity index (χ4v) is 1.89. The number of carbonyl (C=O) groups excluding carboxylic acids is 2. The van der Waals surface area contributed by atoms with Gasteiger partial charge in [-0.3, -0.25) is 24.5 Å². The highest BCUT2D eigenvalue weighted by atomic mass is 16.6. The van der Waals surface area contributed by atoms with Gasteiger partial charge < -0.3 is 15.3 Å². The Morgan fingerprint density at radius 1 is 1.39 bits per heavy atom. The molecule has 1 atom stereocenters. The lowest BCUT2D eigenvalue weighted by Gasteiger charge is -2.23. The number of hydrogen-bond donors (Lipinski definition) is 2. The van der Waals surface area contributed by atoms with Crippen molar-refractivity contribution >= 4 is 23.5 Å². The fourth-order valence-electron chi connectivity index (χ4n) is 1.89. The van der Waals surface area contributed by atoms with Crippen molar-refractivity contribution in [1.82, 2.24) is 10.2 Å². The van der Waals surface area contributed by atoms with Crippen molar-refractivity contribution in [3.05, 3.63) is 39.9 Å². The van der Waals surface area contributed by atoms with Crippen LogP contribution < -0.4 is 5.32 Å². The lowest BCUT2D eigenvalue weighted by molar-refractivity contribution is -0.384. The molecule has 124 valence electrons. The third-order valence-corrected chi connectivity index (χ3v) is 3.06. The standard InChI is InChI=1S/C14H17N3O6/c1-3-16(8-12(18)19)14(21)9(2)15-13(20)10-5-4-6-11(7-10)17(22)23/h4-7,9H,3,8H2,1-2H3,(H,15,20)(H,18,19). The van der Waals surface area contributed by atoms with Gasteiger partial charge in [0, 0.05) is 24.2 Å². The highest BCUT2D eigenvalue weighted by molar-refractivity contribution is 5.98. The van der Waals surface area contributed by atoms with Crippen molar-refractivity contribution in [2.24, 2.45) is 0 Å². The number of nitro benzene ring substituents is 1. The first kappa shape index (κ1) is 18.1. The van der Waals surface area contributed by atoms with E-state index in [9.17, 15) is 24.5 Å². The Hall–Kier alpha value is -2.97. The van der Waals surface area contributed by atoms with E-state index in [0.717, 1.165) is 11.0 Å². The summed E-state index contributed by atoms with van der Waals surface area (Å²) in [5, 5.41) is 21.8. The van der Waals surface area contributed by atoms with E-state index < -0.39 is 35.3 Å². The van der Waals surface area contributed by atoms with Crippen LogP contribution in [0.25, 0.3) is 0 Å². The number of non-ortho nitro benzene ring substituents is 1. The smallest absolute Gasteiger partial charge is 0.323 e. The molecule has 1 rings (SSSR count). The molecule has 23 heavy (non-hydrogen) atoms. The number of carbonyl (C=O) groups is 3. The van der Waals surface area contributed by atoms with E-state index in [1.54, 1.807) is 6.92 Å². The molecule has 0 spiro atoms. The molecular formula is C14H17N3O6. The molecule has 2 amide bonds. The van der Waals surface area contributed by atoms with Gasteiger partial charge in [-0.05, 0) is 19.9 Å². The zero-order chi connectivity index (χ0) is 17.6. The van der Waals surface area contributed by atoms with Crippen molar-refractivity contribution < 1.29 is 24.4 Å². The van der Waals surface area contributed by atoms with E-state index >= 15 is 0 Å². The second-order valence-electron chi connectivity index (χ2n) is 4.75. The number of nitro groups is 1. The van der Waals surface area contributed by atoms with E-state index in [1.165, 1.54) is 25.1 Å². The second kappa shape index (κ2) is 7.87. The van der Waals surface area contributed by atoms with Crippen molar-refractivity contribution in [1.29, 1.82) is 0 Å². The van der Waals surface area contributed by atoms with Crippen LogP contribution >= 0.6 is 0 Å². The van der Waals surface area contributed by atoms with Crippen molar-refractivity contribution in [2.75, 3.05) is 13.1 Å². The number of nitrogens with zero attached hydrogens (tertiary/aromatic N) is 2. The maximum Gasteiger partial charge on any atom is 0.323 e. The maximum absolute atomic E-state index is 12.1. The van der Waals surface area contributed by atoms with Crippen molar-refractivity contribution in [3.63, 3.8) is 0 Å². The summed E-state index contributed by atoms with van der Waals surface area (Å²) in [6.45, 7) is 2.76. The molecule has 0 fully saturated rings. The number of hydrogen-bond acceptors (Lipinski definition) is 5. The number of likely N-dealkylation sites (N-methyl/N-ethyl adjacent to an activating group) is 1. The van der Waals surface area contributed by atoms with E-state index in [0.29, 0.717) is 0 Å². The van der Waals surface area contributed by atoms with Gasteiger partial charge >= 0.3 is 5.97 Å². The zero-order valence-electron chi connectivity index (χ0n) is 12.7. The highest BCUT2D eigenvalue weighted by Crippen LogP contribution is 2.13. The molecule has 0 saturated heterocycles. The van der Waals surface area contributed by atoms with E-state index in [2.05, 4.69) is 5.32 Å². The molecule has 0 aliphatic rings. The van der Waals surface area contributed by atoms with Gasteiger partial charge in [-0.15, -0.1) is 0 Å². The number of rotatable bonds is 7. The highest BCUT2D eigenvalue weighted by Gasteiger charge is 2.23. The van der Waals surface area contributed by atoms with Crippen LogP contribution in [0.15, 0.2) is 24.3 Å². The topological polar surface area (TPSA) is 130 Å². The summed E-state index contributed by atoms with van der Waals surface area (Å²) in [7, 11) is 0. The van der Waals surface area contributed by atoms with Crippen LogP contribution in [0.5, 0.6) is 0 Å². The van der Waals surface area contributed by atoms with Crippen molar-refractivity contribution in [3.8, 4) is 0 Å². The summed E-state index contributed by atoms with van der Waals surface area (Å²) < 4.78 is 0. The molecule has 9 nitrogen and oxygen atoms in total. The Labute approximate surface area is 132 Å². The van der Waals surface area contributed by atoms with Gasteiger partial charge in [-0.1, -0.05) is 6.07 Å². The molecule has 0 bridgehead atoms. The van der Waals surface area contributed by atoms with Crippen molar-refractivity contribution in [2.45, 2.75) is 19.9 Å². The zero-order valence-corrected chi connectivity index (χ0v) is 12.7. The van der Waals surface area contributed by atoms with Gasteiger partial charge in [-0.2, -0.15) is 0 Å². The molecular weight excluding hydrogens is 306 g/mol. The van der Waals surface area contributed by atoms with Gasteiger partial charge in [0.05, 0.1) is 4.92 Å². The molecule has 2 N–H and O–H groups in total. The van der Waals surface area contributed by atoms with Crippen LogP contribution in [0.3, 0.4) is 0 Å². The number of carboxylic acids is 1. The summed E-state index contributed by atoms with van der Waals surface area (Å²) in [5.41, 5.74) is -0.196. The largest absolute Gasteiger partial charge is 0.480 e. The summed E-state index contributed by atoms with van der Waals surface area (Å²) in [6, 6.07) is 4.13. The molecule has 0 heterocycles. The molecule has 1 aromatic carbocycles. The first-order chi connectivity index (χ1) is 10.8. The predicted molar refractivity (Wildman–Crippen MR) is 79.9 cm³/mol. The summed E-state index contributed by atoms with van der Waals surface area (Å²) in [4.78, 5) is 46.0.